The molecular weight excluding hydrogens is 294 g/mol. The maximum atomic E-state index is 12.2. The lowest BCUT2D eigenvalue weighted by atomic mass is 10.2. The van der Waals surface area contributed by atoms with E-state index in [0.717, 1.165) is 16.6 Å². The van der Waals surface area contributed by atoms with E-state index >= 15 is 0 Å². The fourth-order valence-corrected chi connectivity index (χ4v) is 2.82. The molecule has 1 heterocycles. The molecule has 2 amide bonds. The SMILES string of the molecule is C#CCN(CC#CC)C(=O)Nc1nc2ccc(CC)cc2s1. The van der Waals surface area contributed by atoms with Gasteiger partial charge in [-0.25, -0.2) is 9.78 Å². The van der Waals surface area contributed by atoms with Crippen LogP contribution in [0.1, 0.15) is 19.4 Å². The van der Waals surface area contributed by atoms with E-state index in [1.165, 1.54) is 21.8 Å². The lowest BCUT2D eigenvalue weighted by Crippen LogP contribution is -2.35. The third-order valence-corrected chi connectivity index (χ3v) is 4.02. The van der Waals surface area contributed by atoms with Gasteiger partial charge in [0.15, 0.2) is 5.13 Å². The van der Waals surface area contributed by atoms with Crippen LogP contribution in [-0.4, -0.2) is 29.0 Å². The molecule has 0 fully saturated rings. The van der Waals surface area contributed by atoms with Crippen molar-refractivity contribution in [1.29, 1.82) is 0 Å². The van der Waals surface area contributed by atoms with Gasteiger partial charge in [-0.05, 0) is 31.0 Å². The van der Waals surface area contributed by atoms with E-state index in [1.54, 1.807) is 6.92 Å². The van der Waals surface area contributed by atoms with Gasteiger partial charge in [0.1, 0.15) is 0 Å². The molecule has 2 aromatic rings. The summed E-state index contributed by atoms with van der Waals surface area (Å²) in [5.41, 5.74) is 2.13. The van der Waals surface area contributed by atoms with Gasteiger partial charge in [0.2, 0.25) is 0 Å². The summed E-state index contributed by atoms with van der Waals surface area (Å²) in [5.74, 6) is 8.07. The first-order chi connectivity index (χ1) is 10.7. The molecule has 0 bridgehead atoms. The van der Waals surface area contributed by atoms with E-state index in [1.807, 2.05) is 6.07 Å². The standard InChI is InChI=1S/C17H17N3OS/c1-4-7-11-20(10-5-2)17(21)19-16-18-14-9-8-13(6-3)12-15(14)22-16/h2,8-9,12H,6,10-11H2,1,3H3,(H,18,19,21). The second kappa shape index (κ2) is 7.49. The summed E-state index contributed by atoms with van der Waals surface area (Å²) in [7, 11) is 0. The zero-order chi connectivity index (χ0) is 15.9. The summed E-state index contributed by atoms with van der Waals surface area (Å²) in [6, 6.07) is 5.84. The van der Waals surface area contributed by atoms with Gasteiger partial charge in [0.25, 0.3) is 0 Å². The van der Waals surface area contributed by atoms with Crippen molar-refractivity contribution in [2.75, 3.05) is 18.4 Å². The molecule has 0 unspecified atom stereocenters. The third kappa shape index (κ3) is 3.78. The molecule has 1 aromatic heterocycles. The number of fused-ring (bicyclic) bond motifs is 1. The Morgan fingerprint density at radius 2 is 2.27 bits per heavy atom. The lowest BCUT2D eigenvalue weighted by Gasteiger charge is -2.16. The van der Waals surface area contributed by atoms with E-state index in [-0.39, 0.29) is 12.6 Å². The van der Waals surface area contributed by atoms with Crippen LogP contribution in [0.3, 0.4) is 0 Å². The van der Waals surface area contributed by atoms with E-state index < -0.39 is 0 Å². The highest BCUT2D eigenvalue weighted by atomic mass is 32.1. The molecule has 0 saturated carbocycles. The quantitative estimate of drug-likeness (QED) is 0.880. The van der Waals surface area contributed by atoms with E-state index in [2.05, 4.69) is 47.1 Å². The predicted molar refractivity (Wildman–Crippen MR) is 91.9 cm³/mol. The van der Waals surface area contributed by atoms with Gasteiger partial charge in [-0.2, -0.15) is 0 Å². The minimum Gasteiger partial charge on any atom is -0.302 e. The Hall–Kier alpha value is -2.50. The topological polar surface area (TPSA) is 45.2 Å². The number of benzene rings is 1. The number of hydrogen-bond donors (Lipinski definition) is 1. The second-order valence-electron chi connectivity index (χ2n) is 4.59. The zero-order valence-electron chi connectivity index (χ0n) is 12.6. The highest BCUT2D eigenvalue weighted by Gasteiger charge is 2.14. The molecule has 0 spiro atoms. The molecule has 0 aliphatic heterocycles. The Bertz CT molecular complexity index is 777. The number of urea groups is 1. The van der Waals surface area contributed by atoms with E-state index in [0.29, 0.717) is 11.7 Å². The monoisotopic (exact) mass is 311 g/mol. The van der Waals surface area contributed by atoms with Crippen LogP contribution in [0.15, 0.2) is 18.2 Å². The van der Waals surface area contributed by atoms with Crippen molar-refractivity contribution < 1.29 is 4.79 Å². The minimum absolute atomic E-state index is 0.214. The normalized spacial score (nSPS) is 9.68. The van der Waals surface area contributed by atoms with Crippen LogP contribution >= 0.6 is 11.3 Å². The van der Waals surface area contributed by atoms with Crippen molar-refractivity contribution in [2.45, 2.75) is 20.3 Å². The molecule has 22 heavy (non-hydrogen) atoms. The molecule has 1 aromatic carbocycles. The van der Waals surface area contributed by atoms with Crippen molar-refractivity contribution in [3.8, 4) is 24.2 Å². The average molecular weight is 311 g/mol. The summed E-state index contributed by atoms with van der Waals surface area (Å²) in [6.07, 6.45) is 6.27. The highest BCUT2D eigenvalue weighted by molar-refractivity contribution is 7.22. The van der Waals surface area contributed by atoms with Gasteiger partial charge in [-0.3, -0.25) is 5.32 Å². The fourth-order valence-electron chi connectivity index (χ4n) is 1.90. The summed E-state index contributed by atoms with van der Waals surface area (Å²) in [4.78, 5) is 18.1. The largest absolute Gasteiger partial charge is 0.325 e. The number of amides is 2. The third-order valence-electron chi connectivity index (χ3n) is 3.09. The average Bonchev–Trinajstić information content (AvgIpc) is 2.92. The zero-order valence-corrected chi connectivity index (χ0v) is 13.5. The maximum Gasteiger partial charge on any atom is 0.325 e. The van der Waals surface area contributed by atoms with Crippen LogP contribution in [-0.2, 0) is 6.42 Å². The molecule has 1 N–H and O–H groups in total. The van der Waals surface area contributed by atoms with Crippen LogP contribution in [0.5, 0.6) is 0 Å². The Labute approximate surface area is 134 Å². The smallest absolute Gasteiger partial charge is 0.302 e. The number of carbonyl (C=O) groups excluding carboxylic acids is 1. The van der Waals surface area contributed by atoms with E-state index in [4.69, 9.17) is 6.42 Å². The number of aryl methyl sites for hydroxylation is 1. The number of aromatic nitrogens is 1. The van der Waals surface area contributed by atoms with Gasteiger partial charge in [-0.15, -0.1) is 12.3 Å². The van der Waals surface area contributed by atoms with Crippen molar-refractivity contribution in [2.24, 2.45) is 0 Å². The van der Waals surface area contributed by atoms with Crippen molar-refractivity contribution in [3.05, 3.63) is 23.8 Å². The van der Waals surface area contributed by atoms with Crippen LogP contribution in [0.4, 0.5) is 9.93 Å². The van der Waals surface area contributed by atoms with Crippen molar-refractivity contribution >= 4 is 32.7 Å². The minimum atomic E-state index is -0.282. The second-order valence-corrected chi connectivity index (χ2v) is 5.62. The molecule has 5 heteroatoms. The maximum absolute atomic E-state index is 12.2. The summed E-state index contributed by atoms with van der Waals surface area (Å²) in [6.45, 7) is 4.35. The number of nitrogens with zero attached hydrogens (tertiary/aromatic N) is 2. The molecule has 4 nitrogen and oxygen atoms in total. The fraction of sp³-hybridized carbons (Fsp3) is 0.294. The number of carbonyl (C=O) groups is 1. The Kier molecular flexibility index (Phi) is 5.41. The molecule has 112 valence electrons. The number of anilines is 1. The number of thiazole rings is 1. The van der Waals surface area contributed by atoms with Gasteiger partial charge in [-0.1, -0.05) is 36.2 Å². The first kappa shape index (κ1) is 15.9. The number of rotatable bonds is 4. The van der Waals surface area contributed by atoms with Crippen molar-refractivity contribution in [3.63, 3.8) is 0 Å². The Balaban J connectivity index is 2.15. The van der Waals surface area contributed by atoms with Crippen LogP contribution in [0, 0.1) is 24.2 Å². The number of nitrogens with one attached hydrogen (secondary N) is 1. The van der Waals surface area contributed by atoms with Gasteiger partial charge < -0.3 is 4.90 Å². The predicted octanol–water partition coefficient (Wildman–Crippen LogP) is 3.35. The number of terminal acetylenes is 1. The molecule has 0 radical (unpaired) electrons. The van der Waals surface area contributed by atoms with Crippen LogP contribution in [0.2, 0.25) is 0 Å². The molecular formula is C17H17N3OS. The van der Waals surface area contributed by atoms with Crippen LogP contribution < -0.4 is 5.32 Å². The summed E-state index contributed by atoms with van der Waals surface area (Å²) in [5, 5.41) is 3.36. The van der Waals surface area contributed by atoms with Gasteiger partial charge in [0, 0.05) is 0 Å². The Morgan fingerprint density at radius 3 is 2.95 bits per heavy atom. The first-order valence-corrected chi connectivity index (χ1v) is 7.78. The molecule has 2 rings (SSSR count). The van der Waals surface area contributed by atoms with Crippen molar-refractivity contribution in [1.82, 2.24) is 9.88 Å². The molecule has 0 aliphatic rings. The Morgan fingerprint density at radius 1 is 1.45 bits per heavy atom. The molecule has 0 atom stereocenters. The first-order valence-electron chi connectivity index (χ1n) is 6.96. The summed E-state index contributed by atoms with van der Waals surface area (Å²) < 4.78 is 1.06. The molecule has 0 aliphatic carbocycles. The highest BCUT2D eigenvalue weighted by Crippen LogP contribution is 2.27. The lowest BCUT2D eigenvalue weighted by molar-refractivity contribution is 0.223. The summed E-state index contributed by atoms with van der Waals surface area (Å²) >= 11 is 1.46. The van der Waals surface area contributed by atoms with Gasteiger partial charge in [0.05, 0.1) is 23.3 Å². The van der Waals surface area contributed by atoms with E-state index in [9.17, 15) is 4.79 Å². The van der Waals surface area contributed by atoms with Crippen LogP contribution in [0.25, 0.3) is 10.2 Å². The van der Waals surface area contributed by atoms with Gasteiger partial charge >= 0.3 is 6.03 Å². The molecule has 0 saturated heterocycles. The number of hydrogen-bond acceptors (Lipinski definition) is 3.